The number of amides is 1. The summed E-state index contributed by atoms with van der Waals surface area (Å²) < 4.78 is 2.01. The molecule has 30 heavy (non-hydrogen) atoms. The summed E-state index contributed by atoms with van der Waals surface area (Å²) in [5, 5.41) is 0. The number of hydrogen-bond donors (Lipinski definition) is 0. The van der Waals surface area contributed by atoms with Crippen LogP contribution in [-0.4, -0.2) is 56.5 Å². The number of aromatic nitrogens is 4. The zero-order valence-electron chi connectivity index (χ0n) is 18.6. The number of aryl methyl sites for hydroxylation is 2. The normalized spacial score (nSPS) is 18.1. The average molecular weight is 411 g/mol. The molecule has 0 spiro atoms. The van der Waals surface area contributed by atoms with Gasteiger partial charge in [-0.15, -0.1) is 0 Å². The van der Waals surface area contributed by atoms with E-state index in [1.54, 1.807) is 0 Å². The van der Waals surface area contributed by atoms with Crippen molar-refractivity contribution < 1.29 is 4.79 Å². The van der Waals surface area contributed by atoms with Crippen LogP contribution in [0, 0.1) is 26.7 Å². The van der Waals surface area contributed by atoms with Gasteiger partial charge in [-0.2, -0.15) is 0 Å². The molecule has 162 valence electrons. The van der Waals surface area contributed by atoms with Gasteiger partial charge in [0.25, 0.3) is 0 Å². The maximum atomic E-state index is 12.7. The molecule has 7 heteroatoms. The third-order valence-electron chi connectivity index (χ3n) is 6.76. The van der Waals surface area contributed by atoms with Crippen molar-refractivity contribution in [2.75, 3.05) is 31.1 Å². The van der Waals surface area contributed by atoms with Crippen LogP contribution in [0.2, 0.25) is 0 Å². The van der Waals surface area contributed by atoms with E-state index >= 15 is 0 Å². The highest BCUT2D eigenvalue weighted by molar-refractivity contribution is 5.76. The molecule has 1 saturated carbocycles. The van der Waals surface area contributed by atoms with E-state index in [-0.39, 0.29) is 0 Å². The van der Waals surface area contributed by atoms with Crippen molar-refractivity contribution in [3.8, 4) is 5.82 Å². The Morgan fingerprint density at radius 2 is 1.70 bits per heavy atom. The van der Waals surface area contributed by atoms with E-state index in [9.17, 15) is 4.79 Å². The maximum Gasteiger partial charge on any atom is 0.222 e. The second-order valence-electron chi connectivity index (χ2n) is 8.83. The number of hydrogen-bond acceptors (Lipinski definition) is 5. The van der Waals surface area contributed by atoms with Crippen molar-refractivity contribution in [3.05, 3.63) is 29.6 Å². The average Bonchev–Trinajstić information content (AvgIpc) is 3.11. The first-order valence-corrected chi connectivity index (χ1v) is 11.4. The van der Waals surface area contributed by atoms with Gasteiger partial charge in [0.15, 0.2) is 0 Å². The molecule has 0 N–H and O–H groups in total. The minimum atomic E-state index is 0.323. The SMILES string of the molecule is Cc1nc(N2CCN(C(=O)CCC3CCCCC3)CC2)cc(-n2cnc(C)c2C)n1. The van der Waals surface area contributed by atoms with Gasteiger partial charge in [-0.25, -0.2) is 15.0 Å². The molecule has 0 aromatic carbocycles. The van der Waals surface area contributed by atoms with Crippen LogP contribution >= 0.6 is 0 Å². The highest BCUT2D eigenvalue weighted by Gasteiger charge is 2.24. The van der Waals surface area contributed by atoms with Gasteiger partial charge in [-0.3, -0.25) is 9.36 Å². The Morgan fingerprint density at radius 1 is 1.00 bits per heavy atom. The molecule has 7 nitrogen and oxygen atoms in total. The molecular formula is C23H34N6O. The van der Waals surface area contributed by atoms with Crippen molar-refractivity contribution in [3.63, 3.8) is 0 Å². The number of piperazine rings is 1. The Kier molecular flexibility index (Phi) is 6.35. The van der Waals surface area contributed by atoms with Crippen LogP contribution in [0.25, 0.3) is 5.82 Å². The van der Waals surface area contributed by atoms with Crippen molar-refractivity contribution >= 4 is 11.7 Å². The Bertz CT molecular complexity index is 878. The Balaban J connectivity index is 1.35. The summed E-state index contributed by atoms with van der Waals surface area (Å²) in [4.78, 5) is 30.7. The molecule has 2 aromatic rings. The highest BCUT2D eigenvalue weighted by atomic mass is 16.2. The van der Waals surface area contributed by atoms with Gasteiger partial charge in [0.2, 0.25) is 5.91 Å². The largest absolute Gasteiger partial charge is 0.353 e. The van der Waals surface area contributed by atoms with E-state index in [4.69, 9.17) is 0 Å². The van der Waals surface area contributed by atoms with E-state index in [1.807, 2.05) is 35.7 Å². The Morgan fingerprint density at radius 3 is 2.37 bits per heavy atom. The monoisotopic (exact) mass is 410 g/mol. The minimum Gasteiger partial charge on any atom is -0.353 e. The molecule has 0 unspecified atom stereocenters. The molecule has 1 saturated heterocycles. The fourth-order valence-electron chi connectivity index (χ4n) is 4.70. The second kappa shape index (κ2) is 9.14. The molecule has 1 aliphatic heterocycles. The number of carbonyl (C=O) groups excluding carboxylic acids is 1. The zero-order valence-corrected chi connectivity index (χ0v) is 18.6. The molecule has 1 amide bonds. The summed E-state index contributed by atoms with van der Waals surface area (Å²) in [6, 6.07) is 2.03. The quantitative estimate of drug-likeness (QED) is 0.753. The molecule has 2 fully saturated rings. The van der Waals surface area contributed by atoms with Gasteiger partial charge in [-0.1, -0.05) is 32.1 Å². The first-order chi connectivity index (χ1) is 14.5. The number of rotatable bonds is 5. The molecule has 0 radical (unpaired) electrons. The standard InChI is InChI=1S/C23H34N6O/c1-17-18(2)29(16-24-17)22-15-21(25-19(3)26-22)27-11-13-28(14-12-27)23(30)10-9-20-7-5-4-6-8-20/h15-16,20H,4-14H2,1-3H3. The Labute approximate surface area is 179 Å². The minimum absolute atomic E-state index is 0.323. The predicted octanol–water partition coefficient (Wildman–Crippen LogP) is 3.60. The van der Waals surface area contributed by atoms with Gasteiger partial charge >= 0.3 is 0 Å². The van der Waals surface area contributed by atoms with Crippen LogP contribution in [-0.2, 0) is 4.79 Å². The maximum absolute atomic E-state index is 12.7. The summed E-state index contributed by atoms with van der Waals surface area (Å²) in [6.45, 7) is 9.15. The van der Waals surface area contributed by atoms with E-state index in [1.165, 1.54) is 32.1 Å². The van der Waals surface area contributed by atoms with Crippen LogP contribution in [0.1, 0.15) is 62.2 Å². The molecule has 1 aliphatic carbocycles. The van der Waals surface area contributed by atoms with Crippen molar-refractivity contribution in [2.24, 2.45) is 5.92 Å². The Hall–Kier alpha value is -2.44. The third-order valence-corrected chi connectivity index (χ3v) is 6.76. The summed E-state index contributed by atoms with van der Waals surface area (Å²) in [5.74, 6) is 3.62. The fraction of sp³-hybridized carbons (Fsp3) is 0.652. The molecule has 2 aromatic heterocycles. The van der Waals surface area contributed by atoms with E-state index in [2.05, 4.69) is 26.8 Å². The van der Waals surface area contributed by atoms with Crippen LogP contribution in [0.5, 0.6) is 0 Å². The first kappa shape index (κ1) is 20.8. The molecule has 3 heterocycles. The van der Waals surface area contributed by atoms with Gasteiger partial charge in [0, 0.05) is 44.4 Å². The van der Waals surface area contributed by atoms with Gasteiger partial charge in [-0.05, 0) is 33.1 Å². The lowest BCUT2D eigenvalue weighted by molar-refractivity contribution is -0.131. The van der Waals surface area contributed by atoms with Crippen molar-refractivity contribution in [1.29, 1.82) is 0 Å². The highest BCUT2D eigenvalue weighted by Crippen LogP contribution is 2.27. The van der Waals surface area contributed by atoms with Crippen LogP contribution in [0.15, 0.2) is 12.4 Å². The lowest BCUT2D eigenvalue weighted by atomic mass is 9.86. The van der Waals surface area contributed by atoms with Gasteiger partial charge in [0.1, 0.15) is 23.8 Å². The third kappa shape index (κ3) is 4.65. The number of anilines is 1. The summed E-state index contributed by atoms with van der Waals surface area (Å²) in [5.41, 5.74) is 2.10. The lowest BCUT2D eigenvalue weighted by Gasteiger charge is -2.36. The summed E-state index contributed by atoms with van der Waals surface area (Å²) >= 11 is 0. The predicted molar refractivity (Wildman–Crippen MR) is 118 cm³/mol. The van der Waals surface area contributed by atoms with E-state index < -0.39 is 0 Å². The molecule has 4 rings (SSSR count). The molecule has 2 aliphatic rings. The number of carbonyl (C=O) groups is 1. The smallest absolute Gasteiger partial charge is 0.222 e. The van der Waals surface area contributed by atoms with Gasteiger partial charge < -0.3 is 9.80 Å². The molecule has 0 bridgehead atoms. The summed E-state index contributed by atoms with van der Waals surface area (Å²) in [6.07, 6.45) is 10.3. The van der Waals surface area contributed by atoms with Gasteiger partial charge in [0.05, 0.1) is 5.69 Å². The second-order valence-corrected chi connectivity index (χ2v) is 8.83. The van der Waals surface area contributed by atoms with Crippen LogP contribution < -0.4 is 4.90 Å². The molecule has 0 atom stereocenters. The lowest BCUT2D eigenvalue weighted by Crippen LogP contribution is -2.49. The van der Waals surface area contributed by atoms with Crippen LogP contribution in [0.3, 0.4) is 0 Å². The number of nitrogens with zero attached hydrogens (tertiary/aromatic N) is 6. The zero-order chi connectivity index (χ0) is 21.1. The van der Waals surface area contributed by atoms with E-state index in [0.29, 0.717) is 12.3 Å². The first-order valence-electron chi connectivity index (χ1n) is 11.4. The van der Waals surface area contributed by atoms with E-state index in [0.717, 1.165) is 67.4 Å². The summed E-state index contributed by atoms with van der Waals surface area (Å²) in [7, 11) is 0. The topological polar surface area (TPSA) is 67.2 Å². The number of imidazole rings is 1. The van der Waals surface area contributed by atoms with Crippen molar-refractivity contribution in [1.82, 2.24) is 24.4 Å². The van der Waals surface area contributed by atoms with Crippen LogP contribution in [0.4, 0.5) is 5.82 Å². The fourth-order valence-corrected chi connectivity index (χ4v) is 4.70. The van der Waals surface area contributed by atoms with Crippen molar-refractivity contribution in [2.45, 2.75) is 65.7 Å². The molecular weight excluding hydrogens is 376 g/mol.